The first kappa shape index (κ1) is 14.0. The molecule has 0 saturated heterocycles. The van der Waals surface area contributed by atoms with E-state index in [1.54, 1.807) is 35.0 Å². The molecule has 6 heteroatoms. The van der Waals surface area contributed by atoms with Crippen LogP contribution in [0.3, 0.4) is 0 Å². The molecule has 0 aliphatic heterocycles. The summed E-state index contributed by atoms with van der Waals surface area (Å²) in [4.78, 5) is 5.65. The minimum absolute atomic E-state index is 0.0235. The van der Waals surface area contributed by atoms with Crippen LogP contribution in [0.4, 0.5) is 5.69 Å². The topological polar surface area (TPSA) is 59.1 Å². The van der Waals surface area contributed by atoms with E-state index in [4.69, 9.17) is 0 Å². The summed E-state index contributed by atoms with van der Waals surface area (Å²) in [5.41, 5.74) is 3.40. The fraction of sp³-hybridized carbons (Fsp3) is 0.308. The molecule has 1 unspecified atom stereocenters. The Morgan fingerprint density at radius 2 is 2.00 bits per heavy atom. The van der Waals surface area contributed by atoms with E-state index in [1.807, 2.05) is 19.9 Å². The van der Waals surface area contributed by atoms with Gasteiger partial charge in [-0.15, -0.1) is 11.3 Å². The number of benzene rings is 1. The third-order valence-electron chi connectivity index (χ3n) is 2.83. The van der Waals surface area contributed by atoms with Gasteiger partial charge in [0.15, 0.2) is 9.84 Å². The Morgan fingerprint density at radius 1 is 1.32 bits per heavy atom. The standard InChI is InChI=1S/C13H16N2O2S2/c1-9-13(18-8-14-9)10(2)15-11-6-4-5-7-12(11)19(3,16)17/h4-8,10,15H,1-3H3. The lowest BCUT2D eigenvalue weighted by atomic mass is 10.2. The van der Waals surface area contributed by atoms with Gasteiger partial charge in [-0.3, -0.25) is 0 Å². The quantitative estimate of drug-likeness (QED) is 0.942. The van der Waals surface area contributed by atoms with E-state index in [-0.39, 0.29) is 6.04 Å². The predicted molar refractivity (Wildman–Crippen MR) is 78.4 cm³/mol. The Hall–Kier alpha value is -1.40. The Labute approximate surface area is 117 Å². The molecule has 0 fully saturated rings. The molecule has 0 radical (unpaired) electrons. The molecule has 0 spiro atoms. The van der Waals surface area contributed by atoms with Gasteiger partial charge in [-0.1, -0.05) is 12.1 Å². The molecule has 1 heterocycles. The Kier molecular flexibility index (Phi) is 3.91. The number of aryl methyl sites for hydroxylation is 1. The van der Waals surface area contributed by atoms with Crippen molar-refractivity contribution in [3.63, 3.8) is 0 Å². The maximum absolute atomic E-state index is 11.7. The number of hydrogen-bond acceptors (Lipinski definition) is 5. The second kappa shape index (κ2) is 5.30. The molecule has 0 aliphatic carbocycles. The zero-order valence-corrected chi connectivity index (χ0v) is 12.7. The van der Waals surface area contributed by atoms with Crippen molar-refractivity contribution in [1.29, 1.82) is 0 Å². The summed E-state index contributed by atoms with van der Waals surface area (Å²) in [5, 5.41) is 3.25. The van der Waals surface area contributed by atoms with E-state index in [0.29, 0.717) is 10.6 Å². The van der Waals surface area contributed by atoms with Crippen molar-refractivity contribution in [2.24, 2.45) is 0 Å². The summed E-state index contributed by atoms with van der Waals surface area (Å²) in [6.07, 6.45) is 1.22. The second-order valence-electron chi connectivity index (χ2n) is 4.44. The van der Waals surface area contributed by atoms with Gasteiger partial charge in [0, 0.05) is 11.1 Å². The van der Waals surface area contributed by atoms with E-state index in [0.717, 1.165) is 10.6 Å². The van der Waals surface area contributed by atoms with Crippen molar-refractivity contribution in [2.45, 2.75) is 24.8 Å². The number of aromatic nitrogens is 1. The lowest BCUT2D eigenvalue weighted by Gasteiger charge is -2.16. The van der Waals surface area contributed by atoms with Gasteiger partial charge < -0.3 is 5.32 Å². The first-order valence-corrected chi connectivity index (χ1v) is 8.62. The maximum Gasteiger partial charge on any atom is 0.177 e. The average Bonchev–Trinajstić information content (AvgIpc) is 2.75. The minimum atomic E-state index is -3.23. The van der Waals surface area contributed by atoms with Crippen LogP contribution in [0.2, 0.25) is 0 Å². The summed E-state index contributed by atoms with van der Waals surface area (Å²) < 4.78 is 23.5. The molecule has 1 aromatic carbocycles. The van der Waals surface area contributed by atoms with Gasteiger partial charge in [0.25, 0.3) is 0 Å². The minimum Gasteiger partial charge on any atom is -0.377 e. The van der Waals surface area contributed by atoms with E-state index < -0.39 is 9.84 Å². The normalized spacial score (nSPS) is 13.2. The third-order valence-corrected chi connectivity index (χ3v) is 5.10. The number of nitrogens with zero attached hydrogens (tertiary/aromatic N) is 1. The summed E-state index contributed by atoms with van der Waals surface area (Å²) in [7, 11) is -3.23. The highest BCUT2D eigenvalue weighted by molar-refractivity contribution is 7.90. The molecule has 4 nitrogen and oxygen atoms in total. The molecule has 1 atom stereocenters. The van der Waals surface area contributed by atoms with Crippen LogP contribution in [-0.2, 0) is 9.84 Å². The molecule has 0 saturated carbocycles. The Bertz CT molecular complexity index is 677. The van der Waals surface area contributed by atoms with Gasteiger partial charge in [0.1, 0.15) is 0 Å². The summed E-state index contributed by atoms with van der Waals surface area (Å²) >= 11 is 1.57. The second-order valence-corrected chi connectivity index (χ2v) is 7.31. The van der Waals surface area contributed by atoms with Crippen LogP contribution in [0.1, 0.15) is 23.5 Å². The van der Waals surface area contributed by atoms with Crippen LogP contribution in [0.25, 0.3) is 0 Å². The first-order chi connectivity index (χ1) is 8.89. The van der Waals surface area contributed by atoms with Crippen molar-refractivity contribution in [3.05, 3.63) is 40.3 Å². The Balaban J connectivity index is 2.32. The number of para-hydroxylation sites is 1. The molecule has 0 aliphatic rings. The smallest absolute Gasteiger partial charge is 0.177 e. The van der Waals surface area contributed by atoms with Crippen LogP contribution in [-0.4, -0.2) is 19.7 Å². The number of thiazole rings is 1. The largest absolute Gasteiger partial charge is 0.377 e. The Morgan fingerprint density at radius 3 is 2.58 bits per heavy atom. The van der Waals surface area contributed by atoms with Gasteiger partial charge in [0.05, 0.1) is 27.8 Å². The number of hydrogen-bond donors (Lipinski definition) is 1. The molecule has 1 aromatic heterocycles. The average molecular weight is 296 g/mol. The number of sulfone groups is 1. The van der Waals surface area contributed by atoms with Crippen LogP contribution < -0.4 is 5.32 Å². The molecular formula is C13H16N2O2S2. The van der Waals surface area contributed by atoms with Crippen molar-refractivity contribution in [2.75, 3.05) is 11.6 Å². The number of rotatable bonds is 4. The fourth-order valence-electron chi connectivity index (χ4n) is 1.93. The molecule has 0 bridgehead atoms. The molecule has 102 valence electrons. The first-order valence-electron chi connectivity index (χ1n) is 5.85. The zero-order chi connectivity index (χ0) is 14.0. The molecule has 2 aromatic rings. The van der Waals surface area contributed by atoms with E-state index in [9.17, 15) is 8.42 Å². The van der Waals surface area contributed by atoms with Crippen LogP contribution in [0.5, 0.6) is 0 Å². The SMILES string of the molecule is Cc1ncsc1C(C)Nc1ccccc1S(C)(=O)=O. The number of nitrogens with one attached hydrogen (secondary N) is 1. The summed E-state index contributed by atoms with van der Waals surface area (Å²) in [5.74, 6) is 0. The summed E-state index contributed by atoms with van der Waals surface area (Å²) in [6.45, 7) is 3.95. The predicted octanol–water partition coefficient (Wildman–Crippen LogP) is 3.03. The van der Waals surface area contributed by atoms with E-state index in [1.165, 1.54) is 6.26 Å². The van der Waals surface area contributed by atoms with E-state index >= 15 is 0 Å². The van der Waals surface area contributed by atoms with Gasteiger partial charge in [-0.2, -0.15) is 0 Å². The molecule has 2 rings (SSSR count). The molecule has 0 amide bonds. The monoisotopic (exact) mass is 296 g/mol. The van der Waals surface area contributed by atoms with Gasteiger partial charge in [-0.05, 0) is 26.0 Å². The highest BCUT2D eigenvalue weighted by Gasteiger charge is 2.16. The summed E-state index contributed by atoms with van der Waals surface area (Å²) in [6, 6.07) is 6.97. The fourth-order valence-corrected chi connectivity index (χ4v) is 3.60. The lowest BCUT2D eigenvalue weighted by molar-refractivity contribution is 0.602. The highest BCUT2D eigenvalue weighted by Crippen LogP contribution is 2.28. The van der Waals surface area contributed by atoms with Gasteiger partial charge in [-0.25, -0.2) is 13.4 Å². The number of anilines is 1. The van der Waals surface area contributed by atoms with Crippen molar-refractivity contribution in [1.82, 2.24) is 4.98 Å². The maximum atomic E-state index is 11.7. The molecular weight excluding hydrogens is 280 g/mol. The van der Waals surface area contributed by atoms with E-state index in [2.05, 4.69) is 10.3 Å². The van der Waals surface area contributed by atoms with Crippen LogP contribution >= 0.6 is 11.3 Å². The van der Waals surface area contributed by atoms with Crippen molar-refractivity contribution in [3.8, 4) is 0 Å². The highest BCUT2D eigenvalue weighted by atomic mass is 32.2. The third kappa shape index (κ3) is 3.13. The molecule has 19 heavy (non-hydrogen) atoms. The lowest BCUT2D eigenvalue weighted by Crippen LogP contribution is -2.10. The van der Waals surface area contributed by atoms with Crippen molar-refractivity contribution < 1.29 is 8.42 Å². The van der Waals surface area contributed by atoms with Crippen LogP contribution in [0, 0.1) is 6.92 Å². The molecule has 1 N–H and O–H groups in total. The zero-order valence-electron chi connectivity index (χ0n) is 11.0. The van der Waals surface area contributed by atoms with Crippen LogP contribution in [0.15, 0.2) is 34.7 Å². The van der Waals surface area contributed by atoms with Gasteiger partial charge >= 0.3 is 0 Å². The van der Waals surface area contributed by atoms with Gasteiger partial charge in [0.2, 0.25) is 0 Å². The van der Waals surface area contributed by atoms with Crippen molar-refractivity contribution >= 4 is 26.9 Å².